The number of rotatable bonds is 6. The number of aryl methyl sites for hydroxylation is 2. The van der Waals surface area contributed by atoms with Crippen molar-refractivity contribution in [2.45, 2.75) is 26.8 Å². The summed E-state index contributed by atoms with van der Waals surface area (Å²) in [6.45, 7) is 9.03. The Morgan fingerprint density at radius 3 is 2.23 bits per heavy atom. The molecule has 1 aliphatic heterocycles. The molecule has 0 radical (unpaired) electrons. The minimum absolute atomic E-state index is 0.0211. The van der Waals surface area contributed by atoms with Gasteiger partial charge in [-0.05, 0) is 44.0 Å². The number of hydrogen-bond donors (Lipinski definition) is 2. The summed E-state index contributed by atoms with van der Waals surface area (Å²) in [5, 5.41) is 6.63. The van der Waals surface area contributed by atoms with Crippen molar-refractivity contribution in [2.24, 2.45) is 0 Å². The van der Waals surface area contributed by atoms with Gasteiger partial charge in [0.1, 0.15) is 0 Å². The lowest BCUT2D eigenvalue weighted by molar-refractivity contribution is -0.122. The fraction of sp³-hybridized carbons (Fsp3) is 0.391. The van der Waals surface area contributed by atoms with Crippen LogP contribution >= 0.6 is 23.2 Å². The molecule has 3 rings (SSSR count). The van der Waals surface area contributed by atoms with Gasteiger partial charge >= 0.3 is 0 Å². The van der Waals surface area contributed by atoms with Crippen LogP contribution in [0.1, 0.15) is 18.1 Å². The maximum absolute atomic E-state index is 12.7. The summed E-state index contributed by atoms with van der Waals surface area (Å²) in [6.07, 6.45) is 0. The van der Waals surface area contributed by atoms with Crippen molar-refractivity contribution in [3.8, 4) is 0 Å². The first kappa shape index (κ1) is 23.5. The molecule has 6 nitrogen and oxygen atoms in total. The van der Waals surface area contributed by atoms with E-state index in [9.17, 15) is 9.59 Å². The van der Waals surface area contributed by atoms with Gasteiger partial charge in [-0.15, -0.1) is 0 Å². The average molecular weight is 463 g/mol. The number of piperazine rings is 1. The van der Waals surface area contributed by atoms with Gasteiger partial charge in [-0.25, -0.2) is 0 Å². The number of nitrogens with one attached hydrogen (secondary N) is 2. The van der Waals surface area contributed by atoms with Crippen molar-refractivity contribution < 1.29 is 9.59 Å². The molecular formula is C23H28Cl2N4O2. The van der Waals surface area contributed by atoms with Gasteiger partial charge in [-0.3, -0.25) is 19.4 Å². The molecule has 0 aliphatic carbocycles. The first-order valence-electron chi connectivity index (χ1n) is 10.3. The summed E-state index contributed by atoms with van der Waals surface area (Å²) in [5.41, 5.74) is 3.50. The van der Waals surface area contributed by atoms with E-state index < -0.39 is 0 Å². The van der Waals surface area contributed by atoms with E-state index in [2.05, 4.69) is 20.4 Å². The SMILES string of the molecule is Cc1cccc(C)c1NC(=O)CN1CCN(C(C)C(=O)Nc2cccc(Cl)c2Cl)CC1. The Balaban J connectivity index is 1.49. The molecule has 0 bridgehead atoms. The smallest absolute Gasteiger partial charge is 0.241 e. The molecule has 31 heavy (non-hydrogen) atoms. The molecule has 2 amide bonds. The lowest BCUT2D eigenvalue weighted by Crippen LogP contribution is -2.53. The summed E-state index contributed by atoms with van der Waals surface area (Å²) in [7, 11) is 0. The van der Waals surface area contributed by atoms with Crippen LogP contribution < -0.4 is 10.6 Å². The quantitative estimate of drug-likeness (QED) is 0.675. The molecular weight excluding hydrogens is 435 g/mol. The Morgan fingerprint density at radius 1 is 0.968 bits per heavy atom. The van der Waals surface area contributed by atoms with E-state index in [1.807, 2.05) is 39.0 Å². The van der Waals surface area contributed by atoms with Gasteiger partial charge in [0.05, 0.1) is 28.3 Å². The third kappa shape index (κ3) is 5.98. The van der Waals surface area contributed by atoms with Crippen LogP contribution in [0.4, 0.5) is 11.4 Å². The number of anilines is 2. The van der Waals surface area contributed by atoms with Gasteiger partial charge in [0.25, 0.3) is 0 Å². The highest BCUT2D eigenvalue weighted by molar-refractivity contribution is 6.44. The molecule has 1 atom stereocenters. The Kier molecular flexibility index (Phi) is 7.94. The highest BCUT2D eigenvalue weighted by Gasteiger charge is 2.27. The normalized spacial score (nSPS) is 16.0. The summed E-state index contributed by atoms with van der Waals surface area (Å²) >= 11 is 12.2. The number of amides is 2. The maximum atomic E-state index is 12.7. The lowest BCUT2D eigenvalue weighted by atomic mass is 10.1. The van der Waals surface area contributed by atoms with E-state index in [0.717, 1.165) is 29.9 Å². The zero-order chi connectivity index (χ0) is 22.5. The Morgan fingerprint density at radius 2 is 1.58 bits per heavy atom. The summed E-state index contributed by atoms with van der Waals surface area (Å²) in [6, 6.07) is 10.8. The monoisotopic (exact) mass is 462 g/mol. The molecule has 1 aliphatic rings. The zero-order valence-corrected chi connectivity index (χ0v) is 19.6. The summed E-state index contributed by atoms with van der Waals surface area (Å²) in [4.78, 5) is 29.4. The second kappa shape index (κ2) is 10.5. The number of nitrogens with zero attached hydrogens (tertiary/aromatic N) is 2. The third-order valence-electron chi connectivity index (χ3n) is 5.66. The van der Waals surface area contributed by atoms with E-state index in [1.165, 1.54) is 0 Å². The number of benzene rings is 2. The Labute approximate surface area is 193 Å². The van der Waals surface area contributed by atoms with Crippen LogP contribution in [0, 0.1) is 13.8 Å². The van der Waals surface area contributed by atoms with Crippen LogP contribution in [-0.4, -0.2) is 60.4 Å². The first-order valence-corrected chi connectivity index (χ1v) is 11.1. The molecule has 0 aromatic heterocycles. The van der Waals surface area contributed by atoms with E-state index in [4.69, 9.17) is 23.2 Å². The second-order valence-electron chi connectivity index (χ2n) is 7.89. The molecule has 1 fully saturated rings. The van der Waals surface area contributed by atoms with Crippen LogP contribution in [0.3, 0.4) is 0 Å². The van der Waals surface area contributed by atoms with Crippen LogP contribution in [0.15, 0.2) is 36.4 Å². The molecule has 166 valence electrons. The van der Waals surface area contributed by atoms with Crippen molar-refractivity contribution >= 4 is 46.4 Å². The van der Waals surface area contributed by atoms with Gasteiger partial charge < -0.3 is 10.6 Å². The molecule has 2 aromatic carbocycles. The topological polar surface area (TPSA) is 64.7 Å². The van der Waals surface area contributed by atoms with E-state index >= 15 is 0 Å². The Bertz CT molecular complexity index is 938. The number of halogens is 2. The fourth-order valence-corrected chi connectivity index (χ4v) is 4.05. The van der Waals surface area contributed by atoms with Crippen molar-refractivity contribution in [2.75, 3.05) is 43.4 Å². The van der Waals surface area contributed by atoms with E-state index in [1.54, 1.807) is 18.2 Å². The van der Waals surface area contributed by atoms with Crippen LogP contribution in [0.5, 0.6) is 0 Å². The molecule has 1 saturated heterocycles. The van der Waals surface area contributed by atoms with Gasteiger partial charge in [-0.2, -0.15) is 0 Å². The molecule has 8 heteroatoms. The molecule has 0 spiro atoms. The third-order valence-corrected chi connectivity index (χ3v) is 6.48. The van der Waals surface area contributed by atoms with Crippen molar-refractivity contribution in [3.63, 3.8) is 0 Å². The lowest BCUT2D eigenvalue weighted by Gasteiger charge is -2.37. The van der Waals surface area contributed by atoms with Crippen molar-refractivity contribution in [1.82, 2.24) is 9.80 Å². The number of para-hydroxylation sites is 1. The minimum atomic E-state index is -0.319. The van der Waals surface area contributed by atoms with Crippen molar-refractivity contribution in [1.29, 1.82) is 0 Å². The molecule has 0 saturated carbocycles. The molecule has 2 N–H and O–H groups in total. The van der Waals surface area contributed by atoms with Crippen LogP contribution in [0.2, 0.25) is 10.0 Å². The largest absolute Gasteiger partial charge is 0.324 e. The zero-order valence-electron chi connectivity index (χ0n) is 18.0. The number of carbonyl (C=O) groups excluding carboxylic acids is 2. The fourth-order valence-electron chi connectivity index (χ4n) is 3.71. The van der Waals surface area contributed by atoms with Gasteiger partial charge in [0.2, 0.25) is 11.8 Å². The van der Waals surface area contributed by atoms with Crippen LogP contribution in [0.25, 0.3) is 0 Å². The standard InChI is InChI=1S/C23H28Cl2N4O2/c1-15-6-4-7-16(2)22(15)27-20(30)14-28-10-12-29(13-11-28)17(3)23(31)26-19-9-5-8-18(24)21(19)25/h4-9,17H,10-14H2,1-3H3,(H,26,31)(H,27,30). The van der Waals surface area contributed by atoms with Crippen molar-refractivity contribution in [3.05, 3.63) is 57.6 Å². The predicted molar refractivity (Wildman–Crippen MR) is 127 cm³/mol. The second-order valence-corrected chi connectivity index (χ2v) is 8.68. The highest BCUT2D eigenvalue weighted by atomic mass is 35.5. The predicted octanol–water partition coefficient (Wildman–Crippen LogP) is 4.19. The van der Waals surface area contributed by atoms with Crippen LogP contribution in [-0.2, 0) is 9.59 Å². The molecule has 2 aromatic rings. The van der Waals surface area contributed by atoms with Gasteiger partial charge in [0, 0.05) is 31.9 Å². The van der Waals surface area contributed by atoms with E-state index in [0.29, 0.717) is 35.4 Å². The van der Waals surface area contributed by atoms with Gasteiger partial charge in [-0.1, -0.05) is 47.5 Å². The minimum Gasteiger partial charge on any atom is -0.324 e. The maximum Gasteiger partial charge on any atom is 0.241 e. The van der Waals surface area contributed by atoms with Gasteiger partial charge in [0.15, 0.2) is 0 Å². The Hall–Kier alpha value is -2.12. The highest BCUT2D eigenvalue weighted by Crippen LogP contribution is 2.29. The first-order chi connectivity index (χ1) is 14.8. The number of hydrogen-bond acceptors (Lipinski definition) is 4. The molecule has 1 heterocycles. The molecule has 1 unspecified atom stereocenters. The van der Waals surface area contributed by atoms with E-state index in [-0.39, 0.29) is 17.9 Å². The average Bonchev–Trinajstić information content (AvgIpc) is 2.74. The summed E-state index contributed by atoms with van der Waals surface area (Å²) < 4.78 is 0. The number of carbonyl (C=O) groups is 2. The summed E-state index contributed by atoms with van der Waals surface area (Å²) in [5.74, 6) is -0.155.